The lowest BCUT2D eigenvalue weighted by molar-refractivity contribution is -0.362. The molecule has 2 heterocycles. The summed E-state index contributed by atoms with van der Waals surface area (Å²) in [5, 5.41) is 4.08. The highest BCUT2D eigenvalue weighted by Gasteiger charge is 2.42. The Hall–Kier alpha value is -1.50. The number of aromatic amines is 2. The molecule has 0 aliphatic rings. The maximum Gasteiger partial charge on any atom is 0.378 e. The van der Waals surface area contributed by atoms with Crippen LogP contribution < -0.4 is 30.4 Å². The largest absolute Gasteiger partial charge is 0.775 e. The Morgan fingerprint density at radius 2 is 0.971 bits per heavy atom. The number of hydrogen-bond acceptors (Lipinski definition) is 8. The van der Waals surface area contributed by atoms with E-state index in [0.717, 1.165) is 11.1 Å². The quantitative estimate of drug-likeness (QED) is 0.169. The Morgan fingerprint density at radius 3 is 1.15 bits per heavy atom. The van der Waals surface area contributed by atoms with Crippen LogP contribution in [0.1, 0.15) is 11.1 Å². The Morgan fingerprint density at radius 1 is 0.676 bits per heavy atom. The van der Waals surface area contributed by atoms with E-state index in [2.05, 4.69) is 9.97 Å². The van der Waals surface area contributed by atoms with Crippen LogP contribution in [0.5, 0.6) is 0 Å². The highest BCUT2D eigenvalue weighted by Crippen LogP contribution is 2.57. The second-order valence-electron chi connectivity index (χ2n) is 6.90. The van der Waals surface area contributed by atoms with Crippen molar-refractivity contribution in [1.82, 2.24) is 0 Å². The zero-order chi connectivity index (χ0) is 26.5. The van der Waals surface area contributed by atoms with Crippen LogP contribution in [0.3, 0.4) is 0 Å². The van der Waals surface area contributed by atoms with Gasteiger partial charge in [-0.3, -0.25) is 19.8 Å². The van der Waals surface area contributed by atoms with Gasteiger partial charge in [0.15, 0.2) is 15.2 Å². The van der Waals surface area contributed by atoms with Crippen LogP contribution in [0.15, 0.2) is 36.7 Å². The number of aromatic nitrogens is 2. The molecule has 16 nitrogen and oxygen atoms in total. The summed E-state index contributed by atoms with van der Waals surface area (Å²) in [6.07, 6.45) is 3.01. The van der Waals surface area contributed by atoms with Crippen molar-refractivity contribution in [2.24, 2.45) is 0 Å². The summed E-state index contributed by atoms with van der Waals surface area (Å²) >= 11 is 0. The van der Waals surface area contributed by atoms with E-state index in [0.29, 0.717) is 0 Å². The molecule has 0 bridgehead atoms. The predicted octanol–water partition coefficient (Wildman–Crippen LogP) is -1.54. The molecule has 0 aromatic carbocycles. The highest BCUT2D eigenvalue weighted by atomic mass is 31.2. The summed E-state index contributed by atoms with van der Waals surface area (Å²) in [7, 11) is -20.5. The summed E-state index contributed by atoms with van der Waals surface area (Å²) in [6, 6.07) is 5.99. The lowest BCUT2D eigenvalue weighted by atomic mass is 10.3. The molecule has 0 fully saturated rings. The van der Waals surface area contributed by atoms with Gasteiger partial charge < -0.3 is 48.3 Å². The van der Waals surface area contributed by atoms with Crippen molar-refractivity contribution in [3.63, 3.8) is 0 Å². The van der Waals surface area contributed by atoms with E-state index in [4.69, 9.17) is 29.4 Å². The second kappa shape index (κ2) is 11.5. The number of aryl methyl sites for hydroxylation is 2. The van der Waals surface area contributed by atoms with Gasteiger partial charge in [0.2, 0.25) is 0 Å². The maximum absolute atomic E-state index is 10.9. The first-order valence-corrected chi connectivity index (χ1v) is 15.5. The van der Waals surface area contributed by atoms with Crippen molar-refractivity contribution >= 4 is 42.0 Å². The number of hydrogen-bond donors (Lipinski definition) is 8. The minimum Gasteiger partial charge on any atom is -0.775 e. The standard InChI is InChI=1S/2C7H12N2O6P2/c2*1-5-2-3-6(8-4-5)9-7(16(10,11)12)17(13,14)15/h2*2-4,7H,1H3,(H,8,9)(H2,10,11,12)(H2,13,14,15). The molecular formula is C14H24N4O12P4. The van der Waals surface area contributed by atoms with Crippen LogP contribution in [0.4, 0.5) is 11.6 Å². The maximum atomic E-state index is 10.9. The first-order chi connectivity index (χ1) is 15.2. The second-order valence-corrected chi connectivity index (χ2v) is 14.4. The van der Waals surface area contributed by atoms with Gasteiger partial charge in [0.05, 0.1) is 12.4 Å². The van der Waals surface area contributed by atoms with Crippen molar-refractivity contribution in [2.75, 3.05) is 10.6 Å². The van der Waals surface area contributed by atoms with Gasteiger partial charge in [-0.2, -0.15) is 0 Å². The molecular weight excluding hydrogens is 540 g/mol. The third-order valence-corrected chi connectivity index (χ3v) is 10.3. The van der Waals surface area contributed by atoms with Crippen molar-refractivity contribution in [3.05, 3.63) is 47.8 Å². The third-order valence-electron chi connectivity index (χ3n) is 3.76. The van der Waals surface area contributed by atoms with Gasteiger partial charge in [0.1, 0.15) is 0 Å². The molecule has 0 aliphatic heterocycles. The summed E-state index contributed by atoms with van der Waals surface area (Å²) in [5.41, 5.74) is -3.04. The Kier molecular flexibility index (Phi) is 10.3. The van der Waals surface area contributed by atoms with Crippen LogP contribution in [-0.4, -0.2) is 40.4 Å². The molecule has 0 radical (unpaired) electrons. The van der Waals surface area contributed by atoms with E-state index in [-0.39, 0.29) is 11.6 Å². The van der Waals surface area contributed by atoms with Gasteiger partial charge in [-0.05, 0) is 37.1 Å². The molecule has 34 heavy (non-hydrogen) atoms. The molecule has 4 atom stereocenters. The first-order valence-electron chi connectivity index (χ1n) is 8.88. The predicted molar refractivity (Wildman–Crippen MR) is 114 cm³/mol. The molecule has 2 aromatic rings. The zero-order valence-corrected chi connectivity index (χ0v) is 21.1. The molecule has 0 spiro atoms. The number of nitrogens with one attached hydrogen (secondary N) is 4. The highest BCUT2D eigenvalue weighted by molar-refractivity contribution is 7.70. The molecule has 0 amide bonds. The third kappa shape index (κ3) is 10.4. The topological polar surface area (TPSA) is 288 Å². The number of pyridine rings is 2. The van der Waals surface area contributed by atoms with Gasteiger partial charge >= 0.3 is 15.2 Å². The average Bonchev–Trinajstić information content (AvgIpc) is 2.63. The molecule has 20 heteroatoms. The van der Waals surface area contributed by atoms with E-state index in [1.165, 1.54) is 24.5 Å². The smallest absolute Gasteiger partial charge is 0.378 e. The molecule has 2 unspecified atom stereocenters. The number of anilines is 2. The van der Waals surface area contributed by atoms with Crippen LogP contribution in [0.25, 0.3) is 0 Å². The van der Waals surface area contributed by atoms with E-state index in [1.54, 1.807) is 26.0 Å². The minimum atomic E-state index is -5.22. The molecule has 0 saturated heterocycles. The van der Waals surface area contributed by atoms with Crippen molar-refractivity contribution in [2.45, 2.75) is 24.9 Å². The fraction of sp³-hybridized carbons (Fsp3) is 0.286. The average molecular weight is 564 g/mol. The van der Waals surface area contributed by atoms with Gasteiger partial charge in [0.25, 0.3) is 22.7 Å². The molecule has 2 aromatic heterocycles. The van der Waals surface area contributed by atoms with E-state index in [9.17, 15) is 28.0 Å². The van der Waals surface area contributed by atoms with Gasteiger partial charge in [-0.15, -0.1) is 0 Å². The number of H-pyrrole nitrogens is 2. The molecule has 0 saturated carbocycles. The molecule has 10 N–H and O–H groups in total. The normalized spacial score (nSPS) is 17.2. The van der Waals surface area contributed by atoms with Crippen LogP contribution >= 0.6 is 30.4 Å². The Balaban J connectivity index is 0.000000340. The Labute approximate surface area is 193 Å². The molecule has 192 valence electrons. The van der Waals surface area contributed by atoms with Crippen LogP contribution in [0, 0.1) is 13.8 Å². The lowest BCUT2D eigenvalue weighted by Gasteiger charge is -2.24. The SMILES string of the molecule is Cc1ccc(N[C@@H](P(=O)([O-])O)P(=O)(O)O)[nH+]c1.Cc1ccc(N[C@H](P(=O)([O-])O)P(=O)(O)O)[nH+]c1. The monoisotopic (exact) mass is 564 g/mol. The summed E-state index contributed by atoms with van der Waals surface area (Å²) in [4.78, 5) is 79.7. The van der Waals surface area contributed by atoms with Crippen molar-refractivity contribution in [3.8, 4) is 0 Å². The van der Waals surface area contributed by atoms with Crippen molar-refractivity contribution in [1.29, 1.82) is 0 Å². The van der Waals surface area contributed by atoms with E-state index >= 15 is 0 Å². The fourth-order valence-electron chi connectivity index (χ4n) is 2.17. The lowest BCUT2D eigenvalue weighted by Crippen LogP contribution is -2.28. The summed E-state index contributed by atoms with van der Waals surface area (Å²) in [5.74, 6) is 0.128. The fourth-order valence-corrected chi connectivity index (χ4v) is 6.43. The number of rotatable bonds is 8. The van der Waals surface area contributed by atoms with Crippen molar-refractivity contribution < 1.29 is 67.4 Å². The van der Waals surface area contributed by atoms with Crippen LogP contribution in [-0.2, 0) is 18.3 Å². The van der Waals surface area contributed by atoms with Gasteiger partial charge in [-0.1, -0.05) is 0 Å². The van der Waals surface area contributed by atoms with Gasteiger partial charge in [0, 0.05) is 12.1 Å². The van der Waals surface area contributed by atoms with Gasteiger partial charge in [-0.25, -0.2) is 9.97 Å². The first kappa shape index (κ1) is 30.5. The summed E-state index contributed by atoms with van der Waals surface area (Å²) < 4.78 is 43.6. The van der Waals surface area contributed by atoms with E-state index < -0.39 is 41.4 Å². The summed E-state index contributed by atoms with van der Waals surface area (Å²) in [6.45, 7) is 3.54. The minimum absolute atomic E-state index is 0.0639. The Bertz CT molecular complexity index is 1000. The molecule has 0 aliphatic carbocycles. The molecule has 2 rings (SSSR count). The van der Waals surface area contributed by atoms with E-state index in [1.807, 2.05) is 10.6 Å². The van der Waals surface area contributed by atoms with Crippen LogP contribution in [0.2, 0.25) is 0 Å². The zero-order valence-electron chi connectivity index (χ0n) is 17.5.